The maximum Gasteiger partial charge on any atom is 0.192 e. The Hall–Kier alpha value is -0.420. The lowest BCUT2D eigenvalue weighted by atomic mass is 10.5. The molecule has 0 unspecified atom stereocenters. The van der Waals surface area contributed by atoms with Gasteiger partial charge in [-0.2, -0.15) is 0 Å². The molecule has 0 saturated carbocycles. The van der Waals surface area contributed by atoms with Gasteiger partial charge in [-0.05, 0) is 28.1 Å². The lowest BCUT2D eigenvalue weighted by Gasteiger charge is -1.94. The van der Waals surface area contributed by atoms with Crippen LogP contribution in [0.3, 0.4) is 0 Å². The predicted molar refractivity (Wildman–Crippen MR) is 45.0 cm³/mol. The van der Waals surface area contributed by atoms with E-state index >= 15 is 0 Å². The van der Waals surface area contributed by atoms with Gasteiger partial charge in [-0.25, -0.2) is 13.4 Å². The molecule has 1 rings (SSSR count). The third-order valence-electron chi connectivity index (χ3n) is 1.08. The van der Waals surface area contributed by atoms with Gasteiger partial charge in [0.15, 0.2) is 14.9 Å². The molecule has 0 atom stereocenters. The largest absolute Gasteiger partial charge is 0.244 e. The smallest absolute Gasteiger partial charge is 0.192 e. The monoisotopic (exact) mass is 235 g/mol. The van der Waals surface area contributed by atoms with Crippen molar-refractivity contribution in [2.75, 3.05) is 6.26 Å². The summed E-state index contributed by atoms with van der Waals surface area (Å²) in [6, 6.07) is 3.10. The summed E-state index contributed by atoms with van der Waals surface area (Å²) in [5.41, 5.74) is 0. The number of hydrogen-bond donors (Lipinski definition) is 0. The van der Waals surface area contributed by atoms with Crippen LogP contribution in [0.4, 0.5) is 0 Å². The standard InChI is InChI=1S/C6H6BrNO2S/c1-11(9,10)6-3-2-5(7)4-8-6/h2-4H,1H3. The molecular weight excluding hydrogens is 230 g/mol. The van der Waals surface area contributed by atoms with Crippen LogP contribution < -0.4 is 0 Å². The molecule has 0 bridgehead atoms. The molecule has 1 aromatic rings. The molecule has 5 heteroatoms. The highest BCUT2D eigenvalue weighted by atomic mass is 79.9. The van der Waals surface area contributed by atoms with Crippen LogP contribution in [0.15, 0.2) is 27.8 Å². The fourth-order valence-electron chi connectivity index (χ4n) is 0.582. The SMILES string of the molecule is CS(=O)(=O)c1ccc(Br)cn1. The van der Waals surface area contributed by atoms with Crippen LogP contribution in [-0.4, -0.2) is 19.7 Å². The molecule has 0 aliphatic rings. The van der Waals surface area contributed by atoms with Crippen LogP contribution in [0.5, 0.6) is 0 Å². The second kappa shape index (κ2) is 2.91. The normalized spacial score (nSPS) is 11.5. The zero-order chi connectivity index (χ0) is 8.48. The van der Waals surface area contributed by atoms with Crippen molar-refractivity contribution in [1.82, 2.24) is 4.98 Å². The van der Waals surface area contributed by atoms with Crippen molar-refractivity contribution in [3.63, 3.8) is 0 Å². The molecule has 0 aromatic carbocycles. The molecule has 1 heterocycles. The first-order valence-electron chi connectivity index (χ1n) is 2.82. The lowest BCUT2D eigenvalue weighted by Crippen LogP contribution is -1.99. The van der Waals surface area contributed by atoms with E-state index in [9.17, 15) is 8.42 Å². The molecule has 0 amide bonds. The number of aromatic nitrogens is 1. The van der Waals surface area contributed by atoms with Crippen molar-refractivity contribution < 1.29 is 8.42 Å². The minimum atomic E-state index is -3.15. The summed E-state index contributed by atoms with van der Waals surface area (Å²) in [5.74, 6) is 0. The Morgan fingerprint density at radius 2 is 2.09 bits per heavy atom. The Bertz CT molecular complexity index is 343. The van der Waals surface area contributed by atoms with Crippen LogP contribution in [0.25, 0.3) is 0 Å². The molecule has 0 aliphatic carbocycles. The predicted octanol–water partition coefficient (Wildman–Crippen LogP) is 1.25. The average molecular weight is 236 g/mol. The van der Waals surface area contributed by atoms with Gasteiger partial charge in [-0.1, -0.05) is 0 Å². The van der Waals surface area contributed by atoms with Gasteiger partial charge in [0.2, 0.25) is 0 Å². The summed E-state index contributed by atoms with van der Waals surface area (Å²) in [6.07, 6.45) is 2.58. The first-order chi connectivity index (χ1) is 5.00. The summed E-state index contributed by atoms with van der Waals surface area (Å²) in [5, 5.41) is 0.0979. The fraction of sp³-hybridized carbons (Fsp3) is 0.167. The third-order valence-corrected chi connectivity index (χ3v) is 2.55. The second-order valence-electron chi connectivity index (χ2n) is 2.09. The number of hydrogen-bond acceptors (Lipinski definition) is 3. The Kier molecular flexibility index (Phi) is 2.29. The number of halogens is 1. The highest BCUT2D eigenvalue weighted by molar-refractivity contribution is 9.10. The van der Waals surface area contributed by atoms with Crippen LogP contribution >= 0.6 is 15.9 Å². The Morgan fingerprint density at radius 1 is 1.45 bits per heavy atom. The van der Waals surface area contributed by atoms with Gasteiger partial charge < -0.3 is 0 Å². The molecule has 0 N–H and O–H groups in total. The van der Waals surface area contributed by atoms with Crippen molar-refractivity contribution in [1.29, 1.82) is 0 Å². The number of nitrogens with zero attached hydrogens (tertiary/aromatic N) is 1. The van der Waals surface area contributed by atoms with Crippen molar-refractivity contribution in [2.24, 2.45) is 0 Å². The maximum absolute atomic E-state index is 10.9. The highest BCUT2D eigenvalue weighted by Crippen LogP contribution is 2.10. The van der Waals surface area contributed by atoms with Crippen LogP contribution in [0.2, 0.25) is 0 Å². The van der Waals surface area contributed by atoms with Crippen LogP contribution in [0.1, 0.15) is 0 Å². The quantitative estimate of drug-likeness (QED) is 0.737. The van der Waals surface area contributed by atoms with Crippen LogP contribution in [-0.2, 0) is 9.84 Å². The van der Waals surface area contributed by atoms with Gasteiger partial charge in [-0.15, -0.1) is 0 Å². The Morgan fingerprint density at radius 3 is 2.45 bits per heavy atom. The third kappa shape index (κ3) is 2.27. The van der Waals surface area contributed by atoms with Gasteiger partial charge >= 0.3 is 0 Å². The van der Waals surface area contributed by atoms with Crippen molar-refractivity contribution in [2.45, 2.75) is 5.03 Å². The van der Waals surface area contributed by atoms with E-state index in [0.717, 1.165) is 10.7 Å². The molecule has 3 nitrogen and oxygen atoms in total. The first-order valence-corrected chi connectivity index (χ1v) is 5.50. The van der Waals surface area contributed by atoms with Gasteiger partial charge in [0.1, 0.15) is 0 Å². The van der Waals surface area contributed by atoms with E-state index in [1.807, 2.05) is 0 Å². The maximum atomic E-state index is 10.9. The summed E-state index contributed by atoms with van der Waals surface area (Å²) in [4.78, 5) is 3.71. The highest BCUT2D eigenvalue weighted by Gasteiger charge is 2.06. The molecule has 1 aromatic heterocycles. The topological polar surface area (TPSA) is 47.0 Å². The van der Waals surface area contributed by atoms with E-state index in [1.54, 1.807) is 6.07 Å². The van der Waals surface area contributed by atoms with E-state index in [0.29, 0.717) is 0 Å². The minimum absolute atomic E-state index is 0.0979. The molecular formula is C6H6BrNO2S. The zero-order valence-corrected chi connectivity index (χ0v) is 8.18. The number of pyridine rings is 1. The molecule has 11 heavy (non-hydrogen) atoms. The van der Waals surface area contributed by atoms with Gasteiger partial charge in [-0.3, -0.25) is 0 Å². The zero-order valence-electron chi connectivity index (χ0n) is 5.78. The van der Waals surface area contributed by atoms with E-state index < -0.39 is 9.84 Å². The van der Waals surface area contributed by atoms with E-state index in [1.165, 1.54) is 12.3 Å². The van der Waals surface area contributed by atoms with Crippen LogP contribution in [0, 0.1) is 0 Å². The Labute approximate surface area is 73.5 Å². The number of sulfone groups is 1. The van der Waals surface area contributed by atoms with E-state index in [4.69, 9.17) is 0 Å². The second-order valence-corrected chi connectivity index (χ2v) is 4.97. The fourth-order valence-corrected chi connectivity index (χ4v) is 1.38. The lowest BCUT2D eigenvalue weighted by molar-refractivity contribution is 0.598. The van der Waals surface area contributed by atoms with Crippen molar-refractivity contribution in [3.05, 3.63) is 22.8 Å². The van der Waals surface area contributed by atoms with Gasteiger partial charge in [0.05, 0.1) is 0 Å². The summed E-state index contributed by atoms with van der Waals surface area (Å²) in [7, 11) is -3.15. The molecule has 0 saturated heterocycles. The first kappa shape index (κ1) is 8.67. The van der Waals surface area contributed by atoms with Gasteiger partial charge in [0, 0.05) is 16.9 Å². The van der Waals surface area contributed by atoms with E-state index in [-0.39, 0.29) is 5.03 Å². The Balaban J connectivity index is 3.20. The van der Waals surface area contributed by atoms with Crippen molar-refractivity contribution >= 4 is 25.8 Å². The average Bonchev–Trinajstić information content (AvgIpc) is 1.86. The summed E-state index contributed by atoms with van der Waals surface area (Å²) < 4.78 is 22.5. The summed E-state index contributed by atoms with van der Waals surface area (Å²) in [6.45, 7) is 0. The molecule has 0 spiro atoms. The molecule has 60 valence electrons. The number of rotatable bonds is 1. The summed E-state index contributed by atoms with van der Waals surface area (Å²) >= 11 is 3.15. The van der Waals surface area contributed by atoms with E-state index in [2.05, 4.69) is 20.9 Å². The molecule has 0 fully saturated rings. The molecule has 0 radical (unpaired) electrons. The minimum Gasteiger partial charge on any atom is -0.244 e. The van der Waals surface area contributed by atoms with Gasteiger partial charge in [0.25, 0.3) is 0 Å². The molecule has 0 aliphatic heterocycles. The van der Waals surface area contributed by atoms with Crippen molar-refractivity contribution in [3.8, 4) is 0 Å².